The summed E-state index contributed by atoms with van der Waals surface area (Å²) in [5.41, 5.74) is 0. The monoisotopic (exact) mass is 339 g/mol. The van der Waals surface area contributed by atoms with Gasteiger partial charge in [-0.05, 0) is 51.4 Å². The zero-order valence-corrected chi connectivity index (χ0v) is 15.0. The molecule has 2 aliphatic rings. The zero-order valence-electron chi connectivity index (χ0n) is 13.3. The van der Waals surface area contributed by atoms with Gasteiger partial charge in [-0.2, -0.15) is 0 Å². The van der Waals surface area contributed by atoms with Crippen molar-refractivity contribution in [1.82, 2.24) is 15.1 Å². The van der Waals surface area contributed by atoms with Crippen molar-refractivity contribution < 1.29 is 4.79 Å². The van der Waals surface area contributed by atoms with Gasteiger partial charge in [0.15, 0.2) is 0 Å². The Balaban J connectivity index is 0.00000200. The Labute approximate surface area is 141 Å². The molecule has 1 unspecified atom stereocenters. The fourth-order valence-electron chi connectivity index (χ4n) is 3.47. The molecule has 2 aliphatic heterocycles. The molecule has 0 bridgehead atoms. The number of carbonyl (C=O) groups is 1. The number of nitrogens with zero attached hydrogens (tertiary/aromatic N) is 2. The predicted molar refractivity (Wildman–Crippen MR) is 92.6 cm³/mol. The number of likely N-dealkylation sites (N-methyl/N-ethyl adjacent to an activating group) is 1. The summed E-state index contributed by atoms with van der Waals surface area (Å²) in [4.78, 5) is 16.9. The third-order valence-electron chi connectivity index (χ3n) is 4.77. The van der Waals surface area contributed by atoms with E-state index in [4.69, 9.17) is 0 Å². The van der Waals surface area contributed by atoms with E-state index in [1.807, 2.05) is 0 Å². The molecule has 4 nitrogen and oxygen atoms in total. The van der Waals surface area contributed by atoms with Crippen LogP contribution in [0.25, 0.3) is 0 Å². The summed E-state index contributed by atoms with van der Waals surface area (Å²) in [6.07, 6.45) is 4.25. The fourth-order valence-corrected chi connectivity index (χ4v) is 3.47. The van der Waals surface area contributed by atoms with Crippen LogP contribution >= 0.6 is 24.8 Å². The van der Waals surface area contributed by atoms with Crippen LogP contribution in [-0.2, 0) is 4.79 Å². The minimum absolute atomic E-state index is 0. The van der Waals surface area contributed by atoms with E-state index in [1.54, 1.807) is 0 Å². The van der Waals surface area contributed by atoms with E-state index < -0.39 is 0 Å². The van der Waals surface area contributed by atoms with Crippen LogP contribution in [0.5, 0.6) is 0 Å². The molecule has 0 aliphatic carbocycles. The Morgan fingerprint density at radius 2 is 1.76 bits per heavy atom. The first kappa shape index (κ1) is 21.0. The predicted octanol–water partition coefficient (Wildman–Crippen LogP) is 2.16. The first-order valence-corrected chi connectivity index (χ1v) is 7.97. The van der Waals surface area contributed by atoms with E-state index in [1.165, 1.54) is 12.8 Å². The Kier molecular flexibility index (Phi) is 10.6. The van der Waals surface area contributed by atoms with Crippen LogP contribution in [0.3, 0.4) is 0 Å². The number of hydrogen-bond donors (Lipinski definition) is 1. The molecule has 1 atom stereocenters. The Hall–Kier alpha value is -0.0300. The molecule has 6 heteroatoms. The smallest absolute Gasteiger partial charge is 0.222 e. The molecular formula is C15H31Cl2N3O. The third kappa shape index (κ3) is 5.93. The maximum absolute atomic E-state index is 12.3. The molecule has 0 aromatic rings. The average molecular weight is 340 g/mol. The van der Waals surface area contributed by atoms with Crippen LogP contribution < -0.4 is 5.32 Å². The van der Waals surface area contributed by atoms with Gasteiger partial charge in [0.2, 0.25) is 5.91 Å². The first-order chi connectivity index (χ1) is 9.24. The van der Waals surface area contributed by atoms with Crippen molar-refractivity contribution in [1.29, 1.82) is 0 Å². The molecule has 0 aromatic heterocycles. The van der Waals surface area contributed by atoms with E-state index in [0.717, 1.165) is 52.1 Å². The van der Waals surface area contributed by atoms with Crippen molar-refractivity contribution >= 4 is 30.7 Å². The highest BCUT2D eigenvalue weighted by molar-refractivity contribution is 5.85. The van der Waals surface area contributed by atoms with Crippen molar-refractivity contribution in [3.63, 3.8) is 0 Å². The quantitative estimate of drug-likeness (QED) is 0.833. The third-order valence-corrected chi connectivity index (χ3v) is 4.77. The number of likely N-dealkylation sites (tertiary alicyclic amines) is 1. The number of carbonyl (C=O) groups excluding carboxylic acids is 1. The number of halogens is 2. The van der Waals surface area contributed by atoms with Gasteiger partial charge < -0.3 is 10.2 Å². The molecule has 1 N–H and O–H groups in total. The standard InChI is InChI=1S/C15H29N3O.2ClH/c1-3-17(4-2)14-7-10-18(12-14)15(19)11-13-5-8-16-9-6-13;;/h13-14,16H,3-12H2,1-2H3;2*1H. The summed E-state index contributed by atoms with van der Waals surface area (Å²) in [6, 6.07) is 0.590. The lowest BCUT2D eigenvalue weighted by Gasteiger charge is -2.27. The molecule has 0 radical (unpaired) electrons. The van der Waals surface area contributed by atoms with Crippen molar-refractivity contribution in [2.24, 2.45) is 5.92 Å². The lowest BCUT2D eigenvalue weighted by Crippen LogP contribution is -2.39. The zero-order chi connectivity index (χ0) is 13.7. The Bertz CT molecular complexity index is 295. The molecule has 2 saturated heterocycles. The maximum Gasteiger partial charge on any atom is 0.222 e. The van der Waals surface area contributed by atoms with Gasteiger partial charge in [0.25, 0.3) is 0 Å². The summed E-state index contributed by atoms with van der Waals surface area (Å²) in [5.74, 6) is 1.00. The van der Waals surface area contributed by atoms with Crippen molar-refractivity contribution in [3.8, 4) is 0 Å². The minimum atomic E-state index is 0. The van der Waals surface area contributed by atoms with Gasteiger partial charge in [-0.3, -0.25) is 9.69 Å². The molecule has 2 fully saturated rings. The highest BCUT2D eigenvalue weighted by Gasteiger charge is 2.30. The lowest BCUT2D eigenvalue weighted by atomic mass is 9.94. The van der Waals surface area contributed by atoms with Crippen LogP contribution in [0.15, 0.2) is 0 Å². The van der Waals surface area contributed by atoms with Gasteiger partial charge in [-0.25, -0.2) is 0 Å². The Morgan fingerprint density at radius 1 is 1.14 bits per heavy atom. The molecular weight excluding hydrogens is 309 g/mol. The van der Waals surface area contributed by atoms with Crippen molar-refractivity contribution in [2.45, 2.75) is 45.6 Å². The van der Waals surface area contributed by atoms with E-state index in [2.05, 4.69) is 29.0 Å². The minimum Gasteiger partial charge on any atom is -0.341 e. The number of piperidine rings is 1. The van der Waals surface area contributed by atoms with Crippen LogP contribution in [0, 0.1) is 5.92 Å². The first-order valence-electron chi connectivity index (χ1n) is 7.97. The van der Waals surface area contributed by atoms with Gasteiger partial charge in [0.1, 0.15) is 0 Å². The number of nitrogens with one attached hydrogen (secondary N) is 1. The van der Waals surface area contributed by atoms with Gasteiger partial charge in [-0.15, -0.1) is 24.8 Å². The summed E-state index contributed by atoms with van der Waals surface area (Å²) in [7, 11) is 0. The van der Waals surface area contributed by atoms with Crippen molar-refractivity contribution in [3.05, 3.63) is 0 Å². The largest absolute Gasteiger partial charge is 0.341 e. The summed E-state index contributed by atoms with van der Waals surface area (Å²) >= 11 is 0. The van der Waals surface area contributed by atoms with Gasteiger partial charge >= 0.3 is 0 Å². The second-order valence-corrected chi connectivity index (χ2v) is 5.90. The van der Waals surface area contributed by atoms with Crippen LogP contribution in [0.2, 0.25) is 0 Å². The van der Waals surface area contributed by atoms with E-state index >= 15 is 0 Å². The van der Waals surface area contributed by atoms with E-state index in [9.17, 15) is 4.79 Å². The second kappa shape index (κ2) is 10.7. The van der Waals surface area contributed by atoms with Gasteiger partial charge in [-0.1, -0.05) is 13.8 Å². The van der Waals surface area contributed by atoms with Crippen LogP contribution in [0.4, 0.5) is 0 Å². The molecule has 2 heterocycles. The molecule has 2 rings (SSSR count). The molecule has 0 saturated carbocycles. The van der Waals surface area contributed by atoms with E-state index in [-0.39, 0.29) is 24.8 Å². The SMILES string of the molecule is CCN(CC)C1CCN(C(=O)CC2CCNCC2)C1.Cl.Cl. The molecule has 1 amide bonds. The van der Waals surface area contributed by atoms with Crippen molar-refractivity contribution in [2.75, 3.05) is 39.3 Å². The van der Waals surface area contributed by atoms with Gasteiger partial charge in [0, 0.05) is 25.6 Å². The second-order valence-electron chi connectivity index (χ2n) is 5.90. The molecule has 126 valence electrons. The molecule has 0 spiro atoms. The normalized spacial score (nSPS) is 22.8. The van der Waals surface area contributed by atoms with E-state index in [0.29, 0.717) is 17.9 Å². The van der Waals surface area contributed by atoms with Gasteiger partial charge in [0.05, 0.1) is 0 Å². The Morgan fingerprint density at radius 3 is 2.33 bits per heavy atom. The maximum atomic E-state index is 12.3. The highest BCUT2D eigenvalue weighted by atomic mass is 35.5. The average Bonchev–Trinajstić information content (AvgIpc) is 2.91. The number of amides is 1. The fraction of sp³-hybridized carbons (Fsp3) is 0.933. The van der Waals surface area contributed by atoms with Crippen LogP contribution in [0.1, 0.15) is 39.5 Å². The topological polar surface area (TPSA) is 35.6 Å². The summed E-state index contributed by atoms with van der Waals surface area (Å²) in [6.45, 7) is 10.7. The lowest BCUT2D eigenvalue weighted by molar-refractivity contribution is -0.131. The highest BCUT2D eigenvalue weighted by Crippen LogP contribution is 2.21. The molecule has 0 aromatic carbocycles. The number of rotatable bonds is 5. The molecule has 21 heavy (non-hydrogen) atoms. The number of hydrogen-bond acceptors (Lipinski definition) is 3. The van der Waals surface area contributed by atoms with Crippen LogP contribution in [-0.4, -0.2) is 61.0 Å². The summed E-state index contributed by atoms with van der Waals surface area (Å²) in [5, 5.41) is 3.36. The summed E-state index contributed by atoms with van der Waals surface area (Å²) < 4.78 is 0.